The van der Waals surface area contributed by atoms with Gasteiger partial charge in [-0.25, -0.2) is 4.57 Å². The number of esters is 1. The van der Waals surface area contributed by atoms with Gasteiger partial charge < -0.3 is 18.9 Å². The lowest BCUT2D eigenvalue weighted by Gasteiger charge is -2.24. The summed E-state index contributed by atoms with van der Waals surface area (Å²) in [6.07, 6.45) is 69.3. The minimum Gasteiger partial charge on any atom is -0.457 e. The maximum absolute atomic E-state index is 12.8. The zero-order chi connectivity index (χ0) is 51.9. The molecule has 0 rings (SSSR count). The summed E-state index contributed by atoms with van der Waals surface area (Å²) in [5.74, 6) is -0.310. The van der Waals surface area contributed by atoms with E-state index < -0.39 is 13.9 Å². The van der Waals surface area contributed by atoms with Gasteiger partial charge in [-0.2, -0.15) is 0 Å². The normalized spacial score (nSPS) is 13.6. The molecule has 0 amide bonds. The smallest absolute Gasteiger partial charge is 0.457 e. The van der Waals surface area contributed by atoms with Gasteiger partial charge in [0.2, 0.25) is 0 Å². The molecule has 2 atom stereocenters. The van der Waals surface area contributed by atoms with Crippen LogP contribution in [0, 0.1) is 0 Å². The summed E-state index contributed by atoms with van der Waals surface area (Å²) >= 11 is 0. The molecule has 2 unspecified atom stereocenters. The molecule has 0 aliphatic carbocycles. The van der Waals surface area contributed by atoms with Gasteiger partial charge in [0.05, 0.1) is 34.4 Å². The van der Waals surface area contributed by atoms with Gasteiger partial charge in [-0.1, -0.05) is 256 Å². The summed E-state index contributed by atoms with van der Waals surface area (Å²) in [4.78, 5) is 23.1. The van der Waals surface area contributed by atoms with Crippen molar-refractivity contribution in [3.63, 3.8) is 0 Å². The summed E-state index contributed by atoms with van der Waals surface area (Å²) < 4.78 is 35.3. The molecule has 0 fully saturated rings. The Kier molecular flexibility index (Phi) is 54.0. The molecule has 0 aliphatic heterocycles. The Morgan fingerprint density at radius 3 is 1.15 bits per heavy atom. The van der Waals surface area contributed by atoms with Gasteiger partial charge in [-0.05, 0) is 70.6 Å². The third-order valence-corrected chi connectivity index (χ3v) is 14.7. The maximum Gasteiger partial charge on any atom is 0.472 e. The molecule has 0 bridgehead atoms. The van der Waals surface area contributed by atoms with E-state index in [1.165, 1.54) is 238 Å². The van der Waals surface area contributed by atoms with E-state index in [0.717, 1.165) is 38.5 Å². The summed E-state index contributed by atoms with van der Waals surface area (Å²) in [6.45, 7) is 5.67. The van der Waals surface area contributed by atoms with Gasteiger partial charge in [0.25, 0.3) is 0 Å². The zero-order valence-corrected chi connectivity index (χ0v) is 48.9. The summed E-state index contributed by atoms with van der Waals surface area (Å²) in [5.41, 5.74) is 0. The van der Waals surface area contributed by atoms with Crippen LogP contribution in [0.15, 0.2) is 36.5 Å². The number of allylic oxidation sites excluding steroid dienone is 6. The second kappa shape index (κ2) is 55.0. The van der Waals surface area contributed by atoms with Gasteiger partial charge in [0.15, 0.2) is 0 Å². The average molecular weight is 1020 g/mol. The molecule has 0 saturated carbocycles. The molecule has 0 saturated heterocycles. The number of phosphoric ester groups is 1. The Morgan fingerprint density at radius 1 is 0.437 bits per heavy atom. The Labute approximate surface area is 442 Å². The Hall–Kier alpha value is -1.28. The molecule has 0 aromatic heterocycles. The minimum absolute atomic E-state index is 0.0896. The quantitative estimate of drug-likeness (QED) is 0.0213. The van der Waals surface area contributed by atoms with Crippen LogP contribution in [-0.4, -0.2) is 75.6 Å². The number of nitrogens with zero attached hydrogens (tertiary/aromatic N) is 1. The molecule has 0 spiro atoms. The number of ether oxygens (including phenoxy) is 2. The van der Waals surface area contributed by atoms with E-state index in [2.05, 4.69) is 50.3 Å². The second-order valence-corrected chi connectivity index (χ2v) is 23.5. The van der Waals surface area contributed by atoms with Crippen molar-refractivity contribution in [2.45, 2.75) is 302 Å². The fourth-order valence-electron chi connectivity index (χ4n) is 8.93. The monoisotopic (exact) mass is 1020 g/mol. The summed E-state index contributed by atoms with van der Waals surface area (Å²) in [6, 6.07) is 0. The molecule has 71 heavy (non-hydrogen) atoms. The predicted molar refractivity (Wildman–Crippen MR) is 307 cm³/mol. The van der Waals surface area contributed by atoms with Crippen molar-refractivity contribution in [3.8, 4) is 0 Å². The minimum atomic E-state index is -4.29. The molecule has 0 aromatic rings. The SMILES string of the molecule is CCCCCCC/C=C\C/C=C\CCCCCCCCCCCCCC(=O)OC(COCCCCCCCCCCCCCCCC/C=C\CCCCCCCCCC)COP(=O)(O)OCC[N+](C)(C)C. The molecule has 0 heterocycles. The van der Waals surface area contributed by atoms with Crippen LogP contribution in [0.25, 0.3) is 0 Å². The van der Waals surface area contributed by atoms with E-state index in [1.54, 1.807) is 0 Å². The molecule has 9 heteroatoms. The highest BCUT2D eigenvalue weighted by Gasteiger charge is 2.26. The standard InChI is InChI=1S/C62H120NO7P/c1-6-8-10-12-14-16-18-20-22-24-26-28-30-31-32-34-36-38-40-42-44-46-48-50-52-54-57-67-59-61(60-69-71(65,66)68-58-56-63(3,4)5)70-62(64)55-53-51-49-47-45-43-41-39-37-35-33-29-27-25-23-21-19-17-15-13-11-9-7-2/h19,21,24-27,61H,6-18,20,22-23,28-60H2,1-5H3/p+1/b21-19-,26-24-,27-25-. The number of carbonyl (C=O) groups is 1. The highest BCUT2D eigenvalue weighted by Crippen LogP contribution is 2.43. The van der Waals surface area contributed by atoms with Crippen LogP contribution in [-0.2, 0) is 27.9 Å². The highest BCUT2D eigenvalue weighted by molar-refractivity contribution is 7.47. The lowest BCUT2D eigenvalue weighted by atomic mass is 10.0. The molecular weight excluding hydrogens is 902 g/mol. The highest BCUT2D eigenvalue weighted by atomic mass is 31.2. The van der Waals surface area contributed by atoms with Crippen LogP contribution < -0.4 is 0 Å². The molecule has 420 valence electrons. The number of hydrogen-bond donors (Lipinski definition) is 1. The van der Waals surface area contributed by atoms with Gasteiger partial charge in [0.1, 0.15) is 19.3 Å². The number of quaternary nitrogens is 1. The van der Waals surface area contributed by atoms with Crippen molar-refractivity contribution in [2.75, 3.05) is 54.1 Å². The van der Waals surface area contributed by atoms with E-state index in [4.69, 9.17) is 18.5 Å². The van der Waals surface area contributed by atoms with E-state index in [9.17, 15) is 14.3 Å². The van der Waals surface area contributed by atoms with Gasteiger partial charge in [-0.15, -0.1) is 0 Å². The average Bonchev–Trinajstić information content (AvgIpc) is 3.33. The topological polar surface area (TPSA) is 91.3 Å². The Balaban J connectivity index is 4.01. The number of unbranched alkanes of at least 4 members (excludes halogenated alkanes) is 38. The van der Waals surface area contributed by atoms with Gasteiger partial charge in [0, 0.05) is 13.0 Å². The number of likely N-dealkylation sites (N-methyl/N-ethyl adjacent to an activating group) is 1. The van der Waals surface area contributed by atoms with Gasteiger partial charge in [-0.3, -0.25) is 13.8 Å². The number of rotatable bonds is 58. The molecular formula is C62H121NO7P+. The van der Waals surface area contributed by atoms with Crippen LogP contribution in [0.5, 0.6) is 0 Å². The van der Waals surface area contributed by atoms with E-state index in [1.807, 2.05) is 21.1 Å². The van der Waals surface area contributed by atoms with Crippen LogP contribution in [0.3, 0.4) is 0 Å². The van der Waals surface area contributed by atoms with Crippen LogP contribution in [0.4, 0.5) is 0 Å². The van der Waals surface area contributed by atoms with Crippen molar-refractivity contribution < 1.29 is 37.3 Å². The molecule has 8 nitrogen and oxygen atoms in total. The van der Waals surface area contributed by atoms with Crippen LogP contribution >= 0.6 is 7.82 Å². The van der Waals surface area contributed by atoms with Crippen molar-refractivity contribution in [1.29, 1.82) is 0 Å². The predicted octanol–water partition coefficient (Wildman–Crippen LogP) is 19.6. The molecule has 0 aliphatic rings. The molecule has 1 N–H and O–H groups in total. The third-order valence-electron chi connectivity index (χ3n) is 13.7. The zero-order valence-electron chi connectivity index (χ0n) is 48.0. The number of hydrogen-bond acceptors (Lipinski definition) is 6. The van der Waals surface area contributed by atoms with Crippen LogP contribution in [0.2, 0.25) is 0 Å². The first-order valence-corrected chi connectivity index (χ1v) is 32.2. The van der Waals surface area contributed by atoms with Crippen molar-refractivity contribution in [1.82, 2.24) is 0 Å². The second-order valence-electron chi connectivity index (χ2n) is 22.1. The van der Waals surface area contributed by atoms with Crippen molar-refractivity contribution >= 4 is 13.8 Å². The number of carbonyl (C=O) groups excluding carboxylic acids is 1. The van der Waals surface area contributed by atoms with E-state index in [0.29, 0.717) is 24.1 Å². The lowest BCUT2D eigenvalue weighted by molar-refractivity contribution is -0.870. The lowest BCUT2D eigenvalue weighted by Crippen LogP contribution is -2.37. The van der Waals surface area contributed by atoms with E-state index in [-0.39, 0.29) is 25.8 Å². The molecule has 0 radical (unpaired) electrons. The first-order chi connectivity index (χ1) is 34.6. The fraction of sp³-hybridized carbons (Fsp3) is 0.887. The van der Waals surface area contributed by atoms with Crippen molar-refractivity contribution in [2.24, 2.45) is 0 Å². The largest absolute Gasteiger partial charge is 0.472 e. The summed E-state index contributed by atoms with van der Waals surface area (Å²) in [7, 11) is 1.68. The van der Waals surface area contributed by atoms with Gasteiger partial charge >= 0.3 is 13.8 Å². The maximum atomic E-state index is 12.8. The number of phosphoric acid groups is 1. The van der Waals surface area contributed by atoms with Crippen molar-refractivity contribution in [3.05, 3.63) is 36.5 Å². The molecule has 0 aromatic carbocycles. The third kappa shape index (κ3) is 59.5. The Bertz CT molecular complexity index is 1230. The first-order valence-electron chi connectivity index (χ1n) is 30.7. The summed E-state index contributed by atoms with van der Waals surface area (Å²) in [5, 5.41) is 0. The van der Waals surface area contributed by atoms with Crippen LogP contribution in [0.1, 0.15) is 296 Å². The fourth-order valence-corrected chi connectivity index (χ4v) is 9.68. The van der Waals surface area contributed by atoms with E-state index >= 15 is 0 Å². The Morgan fingerprint density at radius 2 is 0.775 bits per heavy atom. The first kappa shape index (κ1) is 69.7.